The van der Waals surface area contributed by atoms with Gasteiger partial charge in [-0.1, -0.05) is 6.07 Å². The van der Waals surface area contributed by atoms with E-state index in [1.807, 2.05) is 20.8 Å². The normalized spacial score (nSPS) is 11.5. The third kappa shape index (κ3) is 9.33. The minimum Gasteiger partial charge on any atom is -0.326 e. The van der Waals surface area contributed by atoms with Crippen molar-refractivity contribution in [2.75, 3.05) is 0 Å². The topological polar surface area (TPSA) is 93.3 Å². The summed E-state index contributed by atoms with van der Waals surface area (Å²) in [6.07, 6.45) is 1.29. The van der Waals surface area contributed by atoms with Crippen LogP contribution in [0.5, 0.6) is 0 Å². The Morgan fingerprint density at radius 3 is 2.00 bits per heavy atom. The summed E-state index contributed by atoms with van der Waals surface area (Å²) in [5, 5.41) is -0.324. The Morgan fingerprint density at radius 2 is 1.80 bits per heavy atom. The Hall–Kier alpha value is -0.980. The summed E-state index contributed by atoms with van der Waals surface area (Å²) in [6, 6.07) is 4.26. The van der Waals surface area contributed by atoms with Crippen LogP contribution < -0.4 is 5.73 Å². The highest BCUT2D eigenvalue weighted by molar-refractivity contribution is 7.85. The zero-order valence-corrected chi connectivity index (χ0v) is 9.82. The molecule has 0 saturated carbocycles. The van der Waals surface area contributed by atoms with Gasteiger partial charge in [0.05, 0.1) is 0 Å². The van der Waals surface area contributed by atoms with Gasteiger partial charge in [0.25, 0.3) is 0 Å². The van der Waals surface area contributed by atoms with E-state index < -0.39 is 10.1 Å². The van der Waals surface area contributed by atoms with Crippen LogP contribution in [0.2, 0.25) is 0 Å². The zero-order chi connectivity index (χ0) is 12.1. The van der Waals surface area contributed by atoms with Crippen molar-refractivity contribution in [3.63, 3.8) is 0 Å². The van der Waals surface area contributed by atoms with E-state index >= 15 is 0 Å². The summed E-state index contributed by atoms with van der Waals surface area (Å²) in [7, 11) is -4.11. The zero-order valence-electron chi connectivity index (χ0n) is 9.01. The fourth-order valence-electron chi connectivity index (χ4n) is 0.500. The van der Waals surface area contributed by atoms with Gasteiger partial charge in [0, 0.05) is 11.7 Å². The van der Waals surface area contributed by atoms with Gasteiger partial charge >= 0.3 is 10.1 Å². The van der Waals surface area contributed by atoms with Gasteiger partial charge in [0.15, 0.2) is 5.03 Å². The number of pyridine rings is 1. The number of rotatable bonds is 1. The van der Waals surface area contributed by atoms with Crippen molar-refractivity contribution in [1.82, 2.24) is 4.98 Å². The molecule has 6 heteroatoms. The third-order valence-electron chi connectivity index (χ3n) is 0.902. The van der Waals surface area contributed by atoms with E-state index in [4.69, 9.17) is 10.3 Å². The van der Waals surface area contributed by atoms with Gasteiger partial charge in [-0.3, -0.25) is 4.55 Å². The van der Waals surface area contributed by atoms with Gasteiger partial charge < -0.3 is 5.73 Å². The fraction of sp³-hybridized carbons (Fsp3) is 0.444. The first-order chi connectivity index (χ1) is 6.61. The molecule has 5 nitrogen and oxygen atoms in total. The van der Waals surface area contributed by atoms with Gasteiger partial charge in [-0.2, -0.15) is 8.42 Å². The van der Waals surface area contributed by atoms with Crippen LogP contribution in [0.3, 0.4) is 0 Å². The average molecular weight is 232 g/mol. The molecule has 0 fully saturated rings. The summed E-state index contributed by atoms with van der Waals surface area (Å²) in [4.78, 5) is 3.41. The smallest absolute Gasteiger partial charge is 0.312 e. The predicted octanol–water partition coefficient (Wildman–Crippen LogP) is 1.07. The maximum Gasteiger partial charge on any atom is 0.312 e. The molecule has 0 unspecified atom stereocenters. The maximum atomic E-state index is 10.3. The van der Waals surface area contributed by atoms with Crippen LogP contribution in [0.15, 0.2) is 29.4 Å². The van der Waals surface area contributed by atoms with Gasteiger partial charge in [0.1, 0.15) is 0 Å². The Bertz CT molecular complexity index is 376. The molecule has 1 aromatic rings. The first-order valence-electron chi connectivity index (χ1n) is 4.28. The van der Waals surface area contributed by atoms with Gasteiger partial charge in [-0.15, -0.1) is 0 Å². The largest absolute Gasteiger partial charge is 0.326 e. The molecule has 15 heavy (non-hydrogen) atoms. The predicted molar refractivity (Wildman–Crippen MR) is 58.0 cm³/mol. The highest BCUT2D eigenvalue weighted by atomic mass is 32.2. The van der Waals surface area contributed by atoms with Gasteiger partial charge in [-0.05, 0) is 32.9 Å². The van der Waals surface area contributed by atoms with Gasteiger partial charge in [0.2, 0.25) is 0 Å². The van der Waals surface area contributed by atoms with Crippen molar-refractivity contribution in [3.8, 4) is 0 Å². The summed E-state index contributed by atoms with van der Waals surface area (Å²) >= 11 is 0. The highest BCUT2D eigenvalue weighted by Gasteiger charge is 2.07. The standard InChI is InChI=1S/C5H5NO3S.C4H11N/c7-10(8,9)5-3-1-2-4-6-5;1-4(2,3)5/h1-4H,(H,7,8,9);5H2,1-3H3. The lowest BCUT2D eigenvalue weighted by Gasteiger charge is -2.06. The Labute approximate surface area is 90.1 Å². The lowest BCUT2D eigenvalue weighted by molar-refractivity contribution is 0.479. The molecule has 0 amide bonds. The van der Waals surface area contributed by atoms with Crippen molar-refractivity contribution in [3.05, 3.63) is 24.4 Å². The molecule has 0 aliphatic carbocycles. The average Bonchev–Trinajstić information content (AvgIpc) is 2.01. The molecule has 0 spiro atoms. The van der Waals surface area contributed by atoms with Crippen molar-refractivity contribution in [2.24, 2.45) is 5.73 Å². The summed E-state index contributed by atoms with van der Waals surface area (Å²) in [6.45, 7) is 5.90. The van der Waals surface area contributed by atoms with E-state index in [-0.39, 0.29) is 10.6 Å². The number of aromatic nitrogens is 1. The molecule has 0 aliphatic heterocycles. The third-order valence-corrected chi connectivity index (χ3v) is 1.67. The molecule has 0 atom stereocenters. The van der Waals surface area contributed by atoms with E-state index in [0.29, 0.717) is 0 Å². The molecule has 0 bridgehead atoms. The number of nitrogens with two attached hydrogens (primary N) is 1. The molecule has 0 radical (unpaired) electrons. The second kappa shape index (κ2) is 5.20. The maximum absolute atomic E-state index is 10.3. The van der Waals surface area contributed by atoms with E-state index in [9.17, 15) is 8.42 Å². The SMILES string of the molecule is CC(C)(C)N.O=S(=O)(O)c1ccccn1. The van der Waals surface area contributed by atoms with Crippen LogP contribution >= 0.6 is 0 Å². The molecule has 3 N–H and O–H groups in total. The Kier molecular flexibility index (Phi) is 4.86. The second-order valence-electron chi connectivity index (χ2n) is 4.01. The lowest BCUT2D eigenvalue weighted by Crippen LogP contribution is -2.26. The van der Waals surface area contributed by atoms with Crippen LogP contribution in [-0.2, 0) is 10.1 Å². The fourth-order valence-corrected chi connectivity index (χ4v) is 0.944. The summed E-state index contributed by atoms with van der Waals surface area (Å²) in [5.41, 5.74) is 5.35. The summed E-state index contributed by atoms with van der Waals surface area (Å²) in [5.74, 6) is 0. The van der Waals surface area contributed by atoms with Crippen LogP contribution in [0.1, 0.15) is 20.8 Å². The number of nitrogens with zero attached hydrogens (tertiary/aromatic N) is 1. The first-order valence-corrected chi connectivity index (χ1v) is 5.72. The number of hydrogen-bond donors (Lipinski definition) is 2. The molecule has 0 saturated heterocycles. The molecular formula is C9H16N2O3S. The molecule has 1 rings (SSSR count). The summed E-state index contributed by atoms with van der Waals surface area (Å²) < 4.78 is 29.1. The van der Waals surface area contributed by atoms with E-state index in [2.05, 4.69) is 4.98 Å². The molecule has 86 valence electrons. The monoisotopic (exact) mass is 232 g/mol. The molecule has 0 aliphatic rings. The van der Waals surface area contributed by atoms with Crippen molar-refractivity contribution < 1.29 is 13.0 Å². The number of hydrogen-bond acceptors (Lipinski definition) is 4. The van der Waals surface area contributed by atoms with E-state index in [0.717, 1.165) is 0 Å². The van der Waals surface area contributed by atoms with Crippen molar-refractivity contribution in [1.29, 1.82) is 0 Å². The van der Waals surface area contributed by atoms with Crippen LogP contribution in [0.25, 0.3) is 0 Å². The van der Waals surface area contributed by atoms with E-state index in [1.165, 1.54) is 18.3 Å². The van der Waals surface area contributed by atoms with Crippen LogP contribution in [-0.4, -0.2) is 23.5 Å². The minimum absolute atomic E-state index is 0. The van der Waals surface area contributed by atoms with E-state index in [1.54, 1.807) is 6.07 Å². The molecular weight excluding hydrogens is 216 g/mol. The first kappa shape index (κ1) is 14.0. The lowest BCUT2D eigenvalue weighted by atomic mass is 10.1. The van der Waals surface area contributed by atoms with Crippen LogP contribution in [0, 0.1) is 0 Å². The molecule has 1 heterocycles. The Morgan fingerprint density at radius 1 is 1.33 bits per heavy atom. The van der Waals surface area contributed by atoms with Crippen LogP contribution in [0.4, 0.5) is 0 Å². The molecule has 0 aromatic carbocycles. The molecule has 1 aromatic heterocycles. The Balaban J connectivity index is 0.000000336. The van der Waals surface area contributed by atoms with Crippen molar-refractivity contribution in [2.45, 2.75) is 31.3 Å². The van der Waals surface area contributed by atoms with Crippen molar-refractivity contribution >= 4 is 10.1 Å². The van der Waals surface area contributed by atoms with Gasteiger partial charge in [-0.25, -0.2) is 4.98 Å². The quantitative estimate of drug-likeness (QED) is 0.706. The highest BCUT2D eigenvalue weighted by Crippen LogP contribution is 2.00. The second-order valence-corrected chi connectivity index (χ2v) is 5.38. The minimum atomic E-state index is -4.11.